The molecule has 0 radical (unpaired) electrons. The number of hydrogen-bond donors (Lipinski definition) is 2. The third kappa shape index (κ3) is 2.03. The van der Waals surface area contributed by atoms with Crippen LogP contribution in [-0.4, -0.2) is 21.2 Å². The first kappa shape index (κ1) is 9.67. The van der Waals surface area contributed by atoms with E-state index in [1.54, 1.807) is 6.92 Å². The Hall–Kier alpha value is -1.42. The molecule has 0 saturated heterocycles. The van der Waals surface area contributed by atoms with Crippen LogP contribution in [0.2, 0.25) is 0 Å². The van der Waals surface area contributed by atoms with Gasteiger partial charge in [0.05, 0.1) is 5.56 Å². The Morgan fingerprint density at radius 1 is 1.38 bits per heavy atom. The average molecular weight is 196 g/mol. The first-order chi connectivity index (χ1) is 6.02. The van der Waals surface area contributed by atoms with Crippen molar-refractivity contribution in [3.8, 4) is 0 Å². The van der Waals surface area contributed by atoms with Crippen LogP contribution >= 0.6 is 12.2 Å². The van der Waals surface area contributed by atoms with Crippen LogP contribution in [-0.2, 0) is 0 Å². The van der Waals surface area contributed by atoms with Crippen molar-refractivity contribution < 1.29 is 15.0 Å². The molecule has 0 bridgehead atoms. The maximum atomic E-state index is 10.5. The van der Waals surface area contributed by atoms with Crippen molar-refractivity contribution in [3.05, 3.63) is 34.9 Å². The molecule has 0 fully saturated rings. The molecule has 3 nitrogen and oxygen atoms in total. The summed E-state index contributed by atoms with van der Waals surface area (Å²) in [6, 6.07) is 4.38. The van der Waals surface area contributed by atoms with E-state index in [0.29, 0.717) is 11.1 Å². The van der Waals surface area contributed by atoms with Crippen LogP contribution in [0.25, 0.3) is 0 Å². The van der Waals surface area contributed by atoms with E-state index in [0.717, 1.165) is 0 Å². The lowest BCUT2D eigenvalue weighted by Gasteiger charge is -2.02. The lowest BCUT2D eigenvalue weighted by molar-refractivity contribution is 0.0697. The van der Waals surface area contributed by atoms with Gasteiger partial charge in [-0.2, -0.15) is 0 Å². The molecule has 0 spiro atoms. The fourth-order valence-corrected chi connectivity index (χ4v) is 1.27. The van der Waals surface area contributed by atoms with E-state index in [1.165, 1.54) is 18.2 Å². The number of aliphatic hydroxyl groups is 1. The van der Waals surface area contributed by atoms with E-state index in [-0.39, 0.29) is 10.6 Å². The number of benzene rings is 1. The van der Waals surface area contributed by atoms with E-state index in [1.807, 2.05) is 0 Å². The number of carboxylic acid groups (broad SMARTS) is 1. The molecule has 2 N–H and O–H groups in total. The highest BCUT2D eigenvalue weighted by molar-refractivity contribution is 7.80. The second-order valence-electron chi connectivity index (χ2n) is 2.64. The van der Waals surface area contributed by atoms with Crippen LogP contribution in [0.1, 0.15) is 21.5 Å². The van der Waals surface area contributed by atoms with Crippen molar-refractivity contribution in [2.45, 2.75) is 6.92 Å². The molecular weight excluding hydrogens is 188 g/mol. The highest BCUT2D eigenvalue weighted by atomic mass is 32.1. The zero-order valence-electron chi connectivity index (χ0n) is 6.94. The number of aromatic carboxylic acids is 1. The van der Waals surface area contributed by atoms with Crippen LogP contribution in [0, 0.1) is 6.92 Å². The number of rotatable bonds is 2. The van der Waals surface area contributed by atoms with Gasteiger partial charge in [0, 0.05) is 5.56 Å². The minimum absolute atomic E-state index is 0.192. The van der Waals surface area contributed by atoms with Gasteiger partial charge in [-0.3, -0.25) is 0 Å². The lowest BCUT2D eigenvalue weighted by Crippen LogP contribution is -2.02. The normalized spacial score (nSPS) is 9.62. The topological polar surface area (TPSA) is 57.5 Å². The molecule has 0 amide bonds. The van der Waals surface area contributed by atoms with E-state index >= 15 is 0 Å². The predicted octanol–water partition coefficient (Wildman–Crippen LogP) is 1.93. The molecule has 0 aliphatic carbocycles. The van der Waals surface area contributed by atoms with E-state index < -0.39 is 5.97 Å². The standard InChI is InChI=1S/C9H8O3S/c1-5-4-6(8(10)11)2-3-7(5)9(12)13/h2-4H,1H3,(H,10,11)(H,12,13). The monoisotopic (exact) mass is 196 g/mol. The molecule has 1 rings (SSSR count). The van der Waals surface area contributed by atoms with Crippen LogP contribution < -0.4 is 0 Å². The second kappa shape index (κ2) is 3.53. The van der Waals surface area contributed by atoms with Gasteiger partial charge in [0.25, 0.3) is 0 Å². The molecule has 0 aliphatic heterocycles. The van der Waals surface area contributed by atoms with Crippen LogP contribution in [0.3, 0.4) is 0 Å². The van der Waals surface area contributed by atoms with Crippen LogP contribution in [0.4, 0.5) is 0 Å². The molecule has 0 aliphatic rings. The quantitative estimate of drug-likeness (QED) is 0.709. The molecule has 1 aromatic rings. The molecule has 68 valence electrons. The largest absolute Gasteiger partial charge is 0.499 e. The highest BCUT2D eigenvalue weighted by Crippen LogP contribution is 2.11. The molecule has 0 atom stereocenters. The highest BCUT2D eigenvalue weighted by Gasteiger charge is 2.07. The summed E-state index contributed by atoms with van der Waals surface area (Å²) in [6.45, 7) is 1.70. The summed E-state index contributed by atoms with van der Waals surface area (Å²) in [4.78, 5) is 10.5. The van der Waals surface area contributed by atoms with Gasteiger partial charge >= 0.3 is 5.97 Å². The van der Waals surface area contributed by atoms with Crippen molar-refractivity contribution >= 4 is 23.2 Å². The first-order valence-corrected chi connectivity index (χ1v) is 4.00. The third-order valence-corrected chi connectivity index (χ3v) is 1.92. The number of thiocarbonyl (C=S) groups is 1. The van der Waals surface area contributed by atoms with Gasteiger partial charge in [0.1, 0.15) is 0 Å². The summed E-state index contributed by atoms with van der Waals surface area (Å²) < 4.78 is 0. The van der Waals surface area contributed by atoms with Gasteiger partial charge in [0.15, 0.2) is 5.05 Å². The first-order valence-electron chi connectivity index (χ1n) is 3.59. The number of aliphatic hydroxyl groups excluding tert-OH is 1. The second-order valence-corrected chi connectivity index (χ2v) is 3.03. The molecular formula is C9H8O3S. The van der Waals surface area contributed by atoms with Crippen LogP contribution in [0.15, 0.2) is 18.2 Å². The third-order valence-electron chi connectivity index (χ3n) is 1.70. The molecule has 4 heteroatoms. The van der Waals surface area contributed by atoms with Gasteiger partial charge in [-0.1, -0.05) is 0 Å². The van der Waals surface area contributed by atoms with E-state index in [9.17, 15) is 4.79 Å². The Bertz CT molecular complexity index is 371. The Kier molecular flexibility index (Phi) is 2.63. The van der Waals surface area contributed by atoms with Crippen molar-refractivity contribution in [1.82, 2.24) is 0 Å². The fourth-order valence-electron chi connectivity index (χ4n) is 1.04. The summed E-state index contributed by atoms with van der Waals surface area (Å²) in [6.07, 6.45) is 0. The molecule has 0 heterocycles. The summed E-state index contributed by atoms with van der Waals surface area (Å²) >= 11 is 4.57. The van der Waals surface area contributed by atoms with Gasteiger partial charge in [0.2, 0.25) is 0 Å². The molecule has 1 aromatic carbocycles. The predicted molar refractivity (Wildman–Crippen MR) is 52.5 cm³/mol. The van der Waals surface area contributed by atoms with Crippen molar-refractivity contribution in [3.63, 3.8) is 0 Å². The number of aryl methyl sites for hydroxylation is 1. The van der Waals surface area contributed by atoms with Gasteiger partial charge in [-0.15, -0.1) is 0 Å². The van der Waals surface area contributed by atoms with Crippen LogP contribution in [0.5, 0.6) is 0 Å². The fraction of sp³-hybridized carbons (Fsp3) is 0.111. The molecule has 0 saturated carbocycles. The Morgan fingerprint density at radius 2 is 2.00 bits per heavy atom. The average Bonchev–Trinajstić information content (AvgIpc) is 2.03. The minimum Gasteiger partial charge on any atom is -0.499 e. The summed E-state index contributed by atoms with van der Waals surface area (Å²) in [5, 5.41) is 17.4. The summed E-state index contributed by atoms with van der Waals surface area (Å²) in [7, 11) is 0. The smallest absolute Gasteiger partial charge is 0.335 e. The Balaban J connectivity index is 3.20. The van der Waals surface area contributed by atoms with Crippen molar-refractivity contribution in [1.29, 1.82) is 0 Å². The summed E-state index contributed by atoms with van der Waals surface area (Å²) in [5.41, 5.74) is 1.35. The maximum absolute atomic E-state index is 10.5. The Labute approximate surface area is 80.6 Å². The lowest BCUT2D eigenvalue weighted by atomic mass is 10.1. The SMILES string of the molecule is Cc1cc(C(=O)O)ccc1C(O)=S. The van der Waals surface area contributed by atoms with Gasteiger partial charge in [-0.25, -0.2) is 4.79 Å². The van der Waals surface area contributed by atoms with Crippen molar-refractivity contribution in [2.75, 3.05) is 0 Å². The van der Waals surface area contributed by atoms with Gasteiger partial charge < -0.3 is 10.2 Å². The Morgan fingerprint density at radius 3 is 2.38 bits per heavy atom. The maximum Gasteiger partial charge on any atom is 0.335 e. The molecule has 0 aromatic heterocycles. The number of hydrogen-bond acceptors (Lipinski definition) is 2. The van der Waals surface area contributed by atoms with E-state index in [4.69, 9.17) is 10.2 Å². The van der Waals surface area contributed by atoms with Crippen molar-refractivity contribution in [2.24, 2.45) is 0 Å². The minimum atomic E-state index is -0.987. The zero-order valence-corrected chi connectivity index (χ0v) is 7.76. The zero-order chi connectivity index (χ0) is 10.0. The summed E-state index contributed by atoms with van der Waals surface area (Å²) in [5.74, 6) is -0.987. The van der Waals surface area contributed by atoms with E-state index in [2.05, 4.69) is 12.2 Å². The number of carboxylic acids is 1. The molecule has 13 heavy (non-hydrogen) atoms. The number of carbonyl (C=O) groups is 1. The van der Waals surface area contributed by atoms with Gasteiger partial charge in [-0.05, 0) is 42.9 Å². The molecule has 0 unspecified atom stereocenters.